The van der Waals surface area contributed by atoms with Gasteiger partial charge in [-0.3, -0.25) is 9.59 Å². The quantitative estimate of drug-likeness (QED) is 0.679. The van der Waals surface area contributed by atoms with Gasteiger partial charge in [-0.2, -0.15) is 0 Å². The van der Waals surface area contributed by atoms with E-state index in [2.05, 4.69) is 5.32 Å². The largest absolute Gasteiger partial charge is 0.481 e. The van der Waals surface area contributed by atoms with E-state index in [1.807, 2.05) is 12.2 Å². The van der Waals surface area contributed by atoms with Gasteiger partial charge < -0.3 is 10.4 Å². The summed E-state index contributed by atoms with van der Waals surface area (Å²) in [6, 6.07) is -0.222. The molecule has 1 saturated carbocycles. The Morgan fingerprint density at radius 1 is 1.20 bits per heavy atom. The van der Waals surface area contributed by atoms with Gasteiger partial charge in [0.2, 0.25) is 5.91 Å². The van der Waals surface area contributed by atoms with Crippen LogP contribution in [-0.4, -0.2) is 23.0 Å². The molecular weight excluding hydrogens is 194 g/mol. The fourth-order valence-electron chi connectivity index (χ4n) is 1.89. The molecule has 0 radical (unpaired) electrons. The van der Waals surface area contributed by atoms with Crippen molar-refractivity contribution in [2.24, 2.45) is 11.8 Å². The average molecular weight is 209 g/mol. The zero-order chi connectivity index (χ0) is 10.8. The van der Waals surface area contributed by atoms with E-state index in [0.29, 0.717) is 12.8 Å². The molecule has 0 bridgehead atoms. The first-order chi connectivity index (χ1) is 7.18. The molecule has 4 heteroatoms. The van der Waals surface area contributed by atoms with Gasteiger partial charge in [0.25, 0.3) is 0 Å². The lowest BCUT2D eigenvalue weighted by Gasteiger charge is -2.26. The fourth-order valence-corrected chi connectivity index (χ4v) is 1.89. The molecule has 0 spiro atoms. The number of aliphatic carboxylic acids is 1. The Morgan fingerprint density at radius 3 is 2.47 bits per heavy atom. The molecule has 0 heterocycles. The van der Waals surface area contributed by atoms with Gasteiger partial charge in [0.05, 0.1) is 5.92 Å². The molecule has 2 aliphatic rings. The van der Waals surface area contributed by atoms with Gasteiger partial charge >= 0.3 is 5.97 Å². The molecule has 2 aliphatic carbocycles. The Morgan fingerprint density at radius 2 is 1.87 bits per heavy atom. The highest BCUT2D eigenvalue weighted by Crippen LogP contribution is 2.30. The standard InChI is InChI=1S/C11H15NO3/c13-10(7-5-6-7)12-9-4-2-1-3-8(9)11(14)15/h1-2,7-9H,3-6H2,(H,12,13)(H,14,15)/t8-,9+/m1/s1. The highest BCUT2D eigenvalue weighted by molar-refractivity contribution is 5.82. The number of nitrogens with one attached hydrogen (secondary N) is 1. The van der Waals surface area contributed by atoms with Crippen molar-refractivity contribution in [3.63, 3.8) is 0 Å². The van der Waals surface area contributed by atoms with Crippen LogP contribution in [0.3, 0.4) is 0 Å². The Labute approximate surface area is 88.4 Å². The summed E-state index contributed by atoms with van der Waals surface area (Å²) in [4.78, 5) is 22.5. The maximum atomic E-state index is 11.5. The summed E-state index contributed by atoms with van der Waals surface area (Å²) in [7, 11) is 0. The zero-order valence-corrected chi connectivity index (χ0v) is 8.48. The summed E-state index contributed by atoms with van der Waals surface area (Å²) in [6.07, 6.45) is 6.87. The van der Waals surface area contributed by atoms with E-state index in [0.717, 1.165) is 12.8 Å². The van der Waals surface area contributed by atoms with E-state index in [1.165, 1.54) is 0 Å². The number of carbonyl (C=O) groups excluding carboxylic acids is 1. The van der Waals surface area contributed by atoms with E-state index >= 15 is 0 Å². The maximum Gasteiger partial charge on any atom is 0.308 e. The van der Waals surface area contributed by atoms with Crippen molar-refractivity contribution in [2.75, 3.05) is 0 Å². The SMILES string of the molecule is O=C(N[C@H]1CC=CC[C@H]1C(=O)O)C1CC1. The number of carboxylic acid groups (broad SMARTS) is 1. The second-order valence-electron chi connectivity index (χ2n) is 4.28. The lowest BCUT2D eigenvalue weighted by atomic mass is 9.89. The van der Waals surface area contributed by atoms with Crippen molar-refractivity contribution in [1.29, 1.82) is 0 Å². The van der Waals surface area contributed by atoms with Crippen LogP contribution < -0.4 is 5.32 Å². The van der Waals surface area contributed by atoms with E-state index in [-0.39, 0.29) is 17.9 Å². The van der Waals surface area contributed by atoms with Crippen LogP contribution in [0.5, 0.6) is 0 Å². The van der Waals surface area contributed by atoms with Crippen molar-refractivity contribution < 1.29 is 14.7 Å². The third kappa shape index (κ3) is 2.37. The van der Waals surface area contributed by atoms with E-state index in [4.69, 9.17) is 5.11 Å². The summed E-state index contributed by atoms with van der Waals surface area (Å²) in [6.45, 7) is 0. The number of hydrogen-bond donors (Lipinski definition) is 2. The predicted molar refractivity (Wildman–Crippen MR) is 54.2 cm³/mol. The summed E-state index contributed by atoms with van der Waals surface area (Å²) in [5, 5.41) is 11.8. The number of allylic oxidation sites excluding steroid dienone is 1. The van der Waals surface area contributed by atoms with Gasteiger partial charge in [-0.1, -0.05) is 12.2 Å². The van der Waals surface area contributed by atoms with Gasteiger partial charge in [0, 0.05) is 12.0 Å². The number of hydrogen-bond acceptors (Lipinski definition) is 2. The van der Waals surface area contributed by atoms with Crippen molar-refractivity contribution in [1.82, 2.24) is 5.32 Å². The summed E-state index contributed by atoms with van der Waals surface area (Å²) >= 11 is 0. The van der Waals surface area contributed by atoms with Crippen LogP contribution in [0, 0.1) is 11.8 Å². The second kappa shape index (κ2) is 4.04. The molecule has 0 aliphatic heterocycles. The molecular formula is C11H15NO3. The number of rotatable bonds is 3. The molecule has 2 N–H and O–H groups in total. The smallest absolute Gasteiger partial charge is 0.308 e. The molecule has 2 rings (SSSR count). The van der Waals surface area contributed by atoms with E-state index in [1.54, 1.807) is 0 Å². The van der Waals surface area contributed by atoms with Crippen molar-refractivity contribution in [3.8, 4) is 0 Å². The zero-order valence-electron chi connectivity index (χ0n) is 8.48. The Hall–Kier alpha value is -1.32. The van der Waals surface area contributed by atoms with Crippen molar-refractivity contribution in [3.05, 3.63) is 12.2 Å². The highest BCUT2D eigenvalue weighted by Gasteiger charge is 2.35. The van der Waals surface area contributed by atoms with Crippen molar-refractivity contribution in [2.45, 2.75) is 31.7 Å². The monoisotopic (exact) mass is 209 g/mol. The second-order valence-corrected chi connectivity index (χ2v) is 4.28. The van der Waals surface area contributed by atoms with Crippen molar-refractivity contribution >= 4 is 11.9 Å². The van der Waals surface area contributed by atoms with Gasteiger partial charge in [-0.15, -0.1) is 0 Å². The Balaban J connectivity index is 1.95. The van der Waals surface area contributed by atoms with Crippen LogP contribution in [0.1, 0.15) is 25.7 Å². The van der Waals surface area contributed by atoms with Gasteiger partial charge in [0.15, 0.2) is 0 Å². The van der Waals surface area contributed by atoms with Crippen LogP contribution >= 0.6 is 0 Å². The first kappa shape index (κ1) is 10.2. The van der Waals surface area contributed by atoms with Crippen LogP contribution in [0.2, 0.25) is 0 Å². The van der Waals surface area contributed by atoms with Gasteiger partial charge in [-0.05, 0) is 25.7 Å². The normalized spacial score (nSPS) is 29.9. The molecule has 15 heavy (non-hydrogen) atoms. The van der Waals surface area contributed by atoms with Crippen LogP contribution in [0.4, 0.5) is 0 Å². The molecule has 0 aromatic heterocycles. The van der Waals surface area contributed by atoms with E-state index in [9.17, 15) is 9.59 Å². The highest BCUT2D eigenvalue weighted by atomic mass is 16.4. The molecule has 4 nitrogen and oxygen atoms in total. The molecule has 0 saturated heterocycles. The predicted octanol–water partition coefficient (Wildman–Crippen LogP) is 0.932. The summed E-state index contributed by atoms with van der Waals surface area (Å²) in [5.74, 6) is -1.11. The van der Waals surface area contributed by atoms with Gasteiger partial charge in [-0.25, -0.2) is 0 Å². The molecule has 1 amide bonds. The Kier molecular flexibility index (Phi) is 2.75. The molecule has 0 aromatic rings. The molecule has 2 atom stereocenters. The fraction of sp³-hybridized carbons (Fsp3) is 0.636. The molecule has 1 fully saturated rings. The number of carboxylic acids is 1. The van der Waals surface area contributed by atoms with Crippen LogP contribution in [0.15, 0.2) is 12.2 Å². The average Bonchev–Trinajstić information content (AvgIpc) is 3.01. The first-order valence-electron chi connectivity index (χ1n) is 5.36. The van der Waals surface area contributed by atoms with Crippen LogP contribution in [-0.2, 0) is 9.59 Å². The minimum absolute atomic E-state index is 0.0292. The topological polar surface area (TPSA) is 66.4 Å². The lowest BCUT2D eigenvalue weighted by Crippen LogP contribution is -2.44. The molecule has 0 unspecified atom stereocenters. The summed E-state index contributed by atoms with van der Waals surface area (Å²) < 4.78 is 0. The number of amides is 1. The first-order valence-corrected chi connectivity index (χ1v) is 5.36. The minimum Gasteiger partial charge on any atom is -0.481 e. The molecule has 0 aromatic carbocycles. The minimum atomic E-state index is -0.819. The molecule has 82 valence electrons. The Bertz CT molecular complexity index is 307. The third-order valence-electron chi connectivity index (χ3n) is 3.03. The number of carbonyl (C=O) groups is 2. The third-order valence-corrected chi connectivity index (χ3v) is 3.03. The van der Waals surface area contributed by atoms with E-state index < -0.39 is 11.9 Å². The lowest BCUT2D eigenvalue weighted by molar-refractivity contribution is -0.143. The summed E-state index contributed by atoms with van der Waals surface area (Å²) in [5.41, 5.74) is 0. The van der Waals surface area contributed by atoms with Crippen LogP contribution in [0.25, 0.3) is 0 Å². The van der Waals surface area contributed by atoms with Gasteiger partial charge in [0.1, 0.15) is 0 Å². The maximum absolute atomic E-state index is 11.5.